The first kappa shape index (κ1) is 12.7. The first-order chi connectivity index (χ1) is 8.74. The molecular formula is C14H18N2O2. The van der Waals surface area contributed by atoms with Crippen molar-refractivity contribution in [2.24, 2.45) is 0 Å². The van der Waals surface area contributed by atoms with Crippen LogP contribution in [0.3, 0.4) is 0 Å². The van der Waals surface area contributed by atoms with Crippen molar-refractivity contribution in [1.82, 2.24) is 0 Å². The smallest absolute Gasteiger partial charge is 0.121 e. The van der Waals surface area contributed by atoms with E-state index in [4.69, 9.17) is 10.00 Å². The van der Waals surface area contributed by atoms with E-state index in [1.807, 2.05) is 0 Å². The second kappa shape index (κ2) is 5.74. The Kier molecular flexibility index (Phi) is 4.06. The Bertz CT molecular complexity index is 454. The fraction of sp³-hybridized carbons (Fsp3) is 0.500. The average molecular weight is 246 g/mol. The van der Waals surface area contributed by atoms with Gasteiger partial charge < -0.3 is 15.2 Å². The van der Waals surface area contributed by atoms with Crippen molar-refractivity contribution in [2.45, 2.75) is 37.8 Å². The molecule has 0 saturated heterocycles. The number of nitrogens with one attached hydrogen (secondary N) is 1. The summed E-state index contributed by atoms with van der Waals surface area (Å²) in [5.74, 6) is 0.710. The minimum absolute atomic E-state index is 0.0259. The summed E-state index contributed by atoms with van der Waals surface area (Å²) < 4.78 is 5.16. The van der Waals surface area contributed by atoms with E-state index in [0.717, 1.165) is 31.4 Å². The van der Waals surface area contributed by atoms with Gasteiger partial charge in [0.15, 0.2) is 0 Å². The third-order valence-corrected chi connectivity index (χ3v) is 3.42. The molecule has 0 aromatic heterocycles. The normalized spacial score (nSPS) is 23.2. The van der Waals surface area contributed by atoms with E-state index < -0.39 is 0 Å². The fourth-order valence-corrected chi connectivity index (χ4v) is 2.35. The number of hydrogen-bond acceptors (Lipinski definition) is 4. The van der Waals surface area contributed by atoms with Gasteiger partial charge in [-0.3, -0.25) is 0 Å². The maximum absolute atomic E-state index is 9.94. The summed E-state index contributed by atoms with van der Waals surface area (Å²) in [6, 6.07) is 7.48. The highest BCUT2D eigenvalue weighted by molar-refractivity contribution is 5.61. The van der Waals surface area contributed by atoms with Crippen molar-refractivity contribution >= 4 is 5.69 Å². The van der Waals surface area contributed by atoms with Crippen molar-refractivity contribution in [3.05, 3.63) is 23.8 Å². The summed E-state index contributed by atoms with van der Waals surface area (Å²) >= 11 is 0. The molecule has 2 N–H and O–H groups in total. The first-order valence-electron chi connectivity index (χ1n) is 6.27. The maximum atomic E-state index is 9.94. The van der Waals surface area contributed by atoms with E-state index in [1.54, 1.807) is 25.3 Å². The van der Waals surface area contributed by atoms with Crippen molar-refractivity contribution < 1.29 is 9.84 Å². The molecule has 0 aliphatic heterocycles. The molecule has 4 heteroatoms. The highest BCUT2D eigenvalue weighted by Gasteiger charge is 2.23. The second-order valence-electron chi connectivity index (χ2n) is 4.63. The lowest BCUT2D eigenvalue weighted by atomic mass is 9.92. The predicted octanol–water partition coefficient (Wildman–Crippen LogP) is 2.28. The van der Waals surface area contributed by atoms with Crippen LogP contribution >= 0.6 is 0 Å². The molecule has 1 fully saturated rings. The minimum atomic E-state index is -0.337. The van der Waals surface area contributed by atoms with Crippen LogP contribution in [0.2, 0.25) is 0 Å². The summed E-state index contributed by atoms with van der Waals surface area (Å²) in [6.45, 7) is 0. The van der Waals surface area contributed by atoms with Crippen LogP contribution in [-0.4, -0.2) is 24.4 Å². The molecule has 18 heavy (non-hydrogen) atoms. The standard InChI is InChI=1S/C14H18N2O2/c1-18-11-7-6-10(9-15)13(8-11)16-12-4-2-3-5-14(12)17/h6-8,12,14,16-17H,2-5H2,1H3. The van der Waals surface area contributed by atoms with Gasteiger partial charge in [-0.2, -0.15) is 5.26 Å². The average Bonchev–Trinajstić information content (AvgIpc) is 2.41. The Morgan fingerprint density at radius 1 is 1.39 bits per heavy atom. The van der Waals surface area contributed by atoms with E-state index in [1.165, 1.54) is 0 Å². The monoisotopic (exact) mass is 246 g/mol. The molecular weight excluding hydrogens is 228 g/mol. The Hall–Kier alpha value is -1.73. The number of methoxy groups -OCH3 is 1. The molecule has 0 amide bonds. The van der Waals surface area contributed by atoms with Gasteiger partial charge in [-0.15, -0.1) is 0 Å². The molecule has 1 aliphatic rings. The Morgan fingerprint density at radius 2 is 2.17 bits per heavy atom. The molecule has 4 nitrogen and oxygen atoms in total. The number of rotatable bonds is 3. The van der Waals surface area contributed by atoms with Crippen LogP contribution in [0.5, 0.6) is 5.75 Å². The maximum Gasteiger partial charge on any atom is 0.121 e. The summed E-state index contributed by atoms with van der Waals surface area (Å²) in [7, 11) is 1.60. The van der Waals surface area contributed by atoms with Gasteiger partial charge in [-0.1, -0.05) is 12.8 Å². The molecule has 0 spiro atoms. The van der Waals surface area contributed by atoms with Crippen LogP contribution in [0, 0.1) is 11.3 Å². The molecule has 1 aliphatic carbocycles. The molecule has 0 bridgehead atoms. The number of nitrogens with zero attached hydrogens (tertiary/aromatic N) is 1. The van der Waals surface area contributed by atoms with Crippen molar-refractivity contribution in [3.63, 3.8) is 0 Å². The topological polar surface area (TPSA) is 65.3 Å². The summed E-state index contributed by atoms with van der Waals surface area (Å²) in [4.78, 5) is 0. The van der Waals surface area contributed by atoms with Crippen molar-refractivity contribution in [3.8, 4) is 11.8 Å². The van der Waals surface area contributed by atoms with E-state index in [0.29, 0.717) is 11.3 Å². The fourth-order valence-electron chi connectivity index (χ4n) is 2.35. The number of hydrogen-bond donors (Lipinski definition) is 2. The van der Waals surface area contributed by atoms with E-state index >= 15 is 0 Å². The lowest BCUT2D eigenvalue weighted by Gasteiger charge is -2.29. The van der Waals surface area contributed by atoms with Crippen molar-refractivity contribution in [1.29, 1.82) is 5.26 Å². The Morgan fingerprint density at radius 3 is 2.83 bits per heavy atom. The van der Waals surface area contributed by atoms with Crippen LogP contribution in [0.25, 0.3) is 0 Å². The molecule has 0 heterocycles. The summed E-state index contributed by atoms with van der Waals surface area (Å²) in [5, 5.41) is 22.3. The molecule has 96 valence electrons. The third-order valence-electron chi connectivity index (χ3n) is 3.42. The predicted molar refractivity (Wildman–Crippen MR) is 69.6 cm³/mol. The molecule has 2 atom stereocenters. The Balaban J connectivity index is 2.18. The van der Waals surface area contributed by atoms with Gasteiger partial charge in [0.05, 0.1) is 30.5 Å². The van der Waals surface area contributed by atoms with Gasteiger partial charge in [-0.25, -0.2) is 0 Å². The lowest BCUT2D eigenvalue weighted by Crippen LogP contribution is -2.36. The number of anilines is 1. The highest BCUT2D eigenvalue weighted by Crippen LogP contribution is 2.26. The molecule has 1 saturated carbocycles. The number of ether oxygens (including phenoxy) is 1. The summed E-state index contributed by atoms with van der Waals surface area (Å²) in [6.07, 6.45) is 3.60. The van der Waals surface area contributed by atoms with Crippen LogP contribution in [0.4, 0.5) is 5.69 Å². The zero-order valence-electron chi connectivity index (χ0n) is 10.5. The minimum Gasteiger partial charge on any atom is -0.497 e. The summed E-state index contributed by atoms with van der Waals surface area (Å²) in [5.41, 5.74) is 1.32. The SMILES string of the molecule is COc1ccc(C#N)c(NC2CCCCC2O)c1. The highest BCUT2D eigenvalue weighted by atomic mass is 16.5. The second-order valence-corrected chi connectivity index (χ2v) is 4.63. The van der Waals surface area contributed by atoms with E-state index in [9.17, 15) is 5.11 Å². The molecule has 1 aromatic carbocycles. The molecule has 0 radical (unpaired) electrons. The zero-order chi connectivity index (χ0) is 13.0. The quantitative estimate of drug-likeness (QED) is 0.858. The molecule has 2 rings (SSSR count). The van der Waals surface area contributed by atoms with Gasteiger partial charge in [0, 0.05) is 6.07 Å². The van der Waals surface area contributed by atoms with Gasteiger partial charge in [0.25, 0.3) is 0 Å². The van der Waals surface area contributed by atoms with E-state index in [-0.39, 0.29) is 12.1 Å². The van der Waals surface area contributed by atoms with Gasteiger partial charge in [0.2, 0.25) is 0 Å². The number of nitriles is 1. The lowest BCUT2D eigenvalue weighted by molar-refractivity contribution is 0.116. The van der Waals surface area contributed by atoms with Crippen LogP contribution in [0.1, 0.15) is 31.2 Å². The third kappa shape index (κ3) is 2.74. The zero-order valence-corrected chi connectivity index (χ0v) is 10.5. The van der Waals surface area contributed by atoms with Crippen LogP contribution in [-0.2, 0) is 0 Å². The van der Waals surface area contributed by atoms with E-state index in [2.05, 4.69) is 11.4 Å². The molecule has 1 aromatic rings. The molecule has 2 unspecified atom stereocenters. The number of benzene rings is 1. The van der Waals surface area contributed by atoms with Crippen LogP contribution < -0.4 is 10.1 Å². The van der Waals surface area contributed by atoms with Gasteiger partial charge >= 0.3 is 0 Å². The van der Waals surface area contributed by atoms with Gasteiger partial charge in [-0.05, 0) is 25.0 Å². The number of aliphatic hydroxyl groups excluding tert-OH is 1. The number of aliphatic hydroxyl groups is 1. The van der Waals surface area contributed by atoms with Crippen LogP contribution in [0.15, 0.2) is 18.2 Å². The largest absolute Gasteiger partial charge is 0.497 e. The van der Waals surface area contributed by atoms with Gasteiger partial charge in [0.1, 0.15) is 11.8 Å². The Labute approximate surface area is 107 Å². The van der Waals surface area contributed by atoms with Crippen molar-refractivity contribution in [2.75, 3.05) is 12.4 Å². The first-order valence-corrected chi connectivity index (χ1v) is 6.27.